The van der Waals surface area contributed by atoms with Gasteiger partial charge in [0.25, 0.3) is 0 Å². The standard InChI is InChI=1S/C9H14N2O2S/c1-7(9(12)13)4-14-5-8-3-10-6-11(8)2/h3,6-7H,4-5H2,1-2H3,(H,12,13). The average Bonchev–Trinajstić information content (AvgIpc) is 2.51. The van der Waals surface area contributed by atoms with Gasteiger partial charge in [-0.1, -0.05) is 6.92 Å². The third kappa shape index (κ3) is 3.06. The Morgan fingerprint density at radius 2 is 2.50 bits per heavy atom. The van der Waals surface area contributed by atoms with E-state index in [2.05, 4.69) is 4.98 Å². The average molecular weight is 214 g/mol. The van der Waals surface area contributed by atoms with E-state index in [9.17, 15) is 4.79 Å². The summed E-state index contributed by atoms with van der Waals surface area (Å²) in [6, 6.07) is 0. The second-order valence-corrected chi connectivity index (χ2v) is 4.28. The molecule has 0 amide bonds. The van der Waals surface area contributed by atoms with Crippen LogP contribution >= 0.6 is 11.8 Å². The number of thioether (sulfide) groups is 1. The van der Waals surface area contributed by atoms with E-state index in [0.717, 1.165) is 11.4 Å². The van der Waals surface area contributed by atoms with E-state index < -0.39 is 5.97 Å². The summed E-state index contributed by atoms with van der Waals surface area (Å²) in [7, 11) is 1.93. The molecule has 1 heterocycles. The fourth-order valence-electron chi connectivity index (χ4n) is 0.935. The number of carbonyl (C=O) groups is 1. The van der Waals surface area contributed by atoms with Gasteiger partial charge in [-0.15, -0.1) is 0 Å². The lowest BCUT2D eigenvalue weighted by atomic mass is 10.2. The highest BCUT2D eigenvalue weighted by molar-refractivity contribution is 7.98. The van der Waals surface area contributed by atoms with Crippen LogP contribution < -0.4 is 0 Å². The van der Waals surface area contributed by atoms with Gasteiger partial charge < -0.3 is 9.67 Å². The number of rotatable bonds is 5. The molecule has 1 atom stereocenters. The fourth-order valence-corrected chi connectivity index (χ4v) is 2.04. The molecule has 0 aromatic carbocycles. The molecule has 0 spiro atoms. The number of aryl methyl sites for hydroxylation is 1. The van der Waals surface area contributed by atoms with Gasteiger partial charge in [0.2, 0.25) is 0 Å². The maximum atomic E-state index is 10.5. The summed E-state index contributed by atoms with van der Waals surface area (Å²) in [4.78, 5) is 14.5. The largest absolute Gasteiger partial charge is 0.481 e. The van der Waals surface area contributed by atoms with Crippen LogP contribution in [-0.2, 0) is 17.6 Å². The van der Waals surface area contributed by atoms with Crippen molar-refractivity contribution < 1.29 is 9.90 Å². The summed E-state index contributed by atoms with van der Waals surface area (Å²) in [6.45, 7) is 1.72. The molecule has 1 N–H and O–H groups in total. The lowest BCUT2D eigenvalue weighted by molar-refractivity contribution is -0.140. The second-order valence-electron chi connectivity index (χ2n) is 3.25. The van der Waals surface area contributed by atoms with Crippen molar-refractivity contribution in [3.8, 4) is 0 Å². The van der Waals surface area contributed by atoms with Crippen molar-refractivity contribution in [3.05, 3.63) is 18.2 Å². The summed E-state index contributed by atoms with van der Waals surface area (Å²) in [5.41, 5.74) is 1.12. The molecular weight excluding hydrogens is 200 g/mol. The van der Waals surface area contributed by atoms with Crippen molar-refractivity contribution in [2.45, 2.75) is 12.7 Å². The van der Waals surface area contributed by atoms with Crippen LogP contribution in [0, 0.1) is 5.92 Å². The number of aromatic nitrogens is 2. The Balaban J connectivity index is 2.29. The van der Waals surface area contributed by atoms with Crippen LogP contribution in [0.2, 0.25) is 0 Å². The molecule has 0 saturated carbocycles. The van der Waals surface area contributed by atoms with Gasteiger partial charge in [-0.3, -0.25) is 4.79 Å². The minimum absolute atomic E-state index is 0.284. The summed E-state index contributed by atoms with van der Waals surface area (Å²) in [6.07, 6.45) is 3.55. The minimum atomic E-state index is -0.734. The van der Waals surface area contributed by atoms with Crippen molar-refractivity contribution in [3.63, 3.8) is 0 Å². The van der Waals surface area contributed by atoms with Gasteiger partial charge in [0.05, 0.1) is 12.2 Å². The molecule has 0 fully saturated rings. The number of nitrogens with zero attached hydrogens (tertiary/aromatic N) is 2. The fraction of sp³-hybridized carbons (Fsp3) is 0.556. The topological polar surface area (TPSA) is 55.1 Å². The lowest BCUT2D eigenvalue weighted by Crippen LogP contribution is -2.12. The van der Waals surface area contributed by atoms with E-state index in [1.54, 1.807) is 31.2 Å². The van der Waals surface area contributed by atoms with Crippen LogP contribution in [0.1, 0.15) is 12.6 Å². The van der Waals surface area contributed by atoms with Crippen molar-refractivity contribution in [1.82, 2.24) is 9.55 Å². The Hall–Kier alpha value is -0.970. The Kier molecular flexibility index (Phi) is 4.00. The van der Waals surface area contributed by atoms with Crippen LogP contribution in [0.4, 0.5) is 0 Å². The van der Waals surface area contributed by atoms with Gasteiger partial charge in [-0.05, 0) is 0 Å². The normalized spacial score (nSPS) is 12.7. The first-order chi connectivity index (χ1) is 6.61. The second kappa shape index (κ2) is 5.05. The smallest absolute Gasteiger partial charge is 0.307 e. The summed E-state index contributed by atoms with van der Waals surface area (Å²) in [5.74, 6) is 0.435. The molecule has 0 saturated heterocycles. The Labute approximate surface area is 87.3 Å². The van der Waals surface area contributed by atoms with Gasteiger partial charge in [-0.2, -0.15) is 11.8 Å². The summed E-state index contributed by atoms with van der Waals surface area (Å²) < 4.78 is 1.94. The summed E-state index contributed by atoms with van der Waals surface area (Å²) >= 11 is 1.62. The van der Waals surface area contributed by atoms with Crippen LogP contribution in [-0.4, -0.2) is 26.4 Å². The lowest BCUT2D eigenvalue weighted by Gasteiger charge is -2.05. The highest BCUT2D eigenvalue weighted by atomic mass is 32.2. The van der Waals surface area contributed by atoms with E-state index >= 15 is 0 Å². The van der Waals surface area contributed by atoms with Crippen LogP contribution in [0.15, 0.2) is 12.5 Å². The predicted molar refractivity (Wildman–Crippen MR) is 56.2 cm³/mol. The highest BCUT2D eigenvalue weighted by Crippen LogP contribution is 2.14. The zero-order valence-corrected chi connectivity index (χ0v) is 9.12. The first kappa shape index (κ1) is 11.1. The van der Waals surface area contributed by atoms with Gasteiger partial charge >= 0.3 is 5.97 Å². The highest BCUT2D eigenvalue weighted by Gasteiger charge is 2.10. The minimum Gasteiger partial charge on any atom is -0.481 e. The molecule has 1 aromatic rings. The number of aliphatic carboxylic acids is 1. The molecule has 0 aliphatic carbocycles. The predicted octanol–water partition coefficient (Wildman–Crippen LogP) is 1.37. The zero-order valence-electron chi connectivity index (χ0n) is 8.30. The van der Waals surface area contributed by atoms with Crippen molar-refractivity contribution in [2.75, 3.05) is 5.75 Å². The van der Waals surface area contributed by atoms with Gasteiger partial charge in [-0.25, -0.2) is 4.98 Å². The molecule has 4 nitrogen and oxygen atoms in total. The molecule has 0 aliphatic rings. The molecule has 1 aromatic heterocycles. The van der Waals surface area contributed by atoms with Crippen LogP contribution in [0.25, 0.3) is 0 Å². The third-order valence-corrected chi connectivity index (χ3v) is 3.19. The quantitative estimate of drug-likeness (QED) is 0.804. The van der Waals surface area contributed by atoms with E-state index in [4.69, 9.17) is 5.11 Å². The monoisotopic (exact) mass is 214 g/mol. The molecule has 0 radical (unpaired) electrons. The molecule has 0 bridgehead atoms. The molecular formula is C9H14N2O2S. The van der Waals surface area contributed by atoms with Crippen molar-refractivity contribution >= 4 is 17.7 Å². The summed E-state index contributed by atoms with van der Waals surface area (Å²) in [5, 5.41) is 8.66. The molecule has 1 unspecified atom stereocenters. The third-order valence-electron chi connectivity index (χ3n) is 1.96. The maximum absolute atomic E-state index is 10.5. The maximum Gasteiger partial charge on any atom is 0.307 e. The molecule has 1 rings (SSSR count). The van der Waals surface area contributed by atoms with Crippen molar-refractivity contribution in [1.29, 1.82) is 0 Å². The van der Waals surface area contributed by atoms with Crippen molar-refractivity contribution in [2.24, 2.45) is 13.0 Å². The Morgan fingerprint density at radius 3 is 3.00 bits per heavy atom. The number of carboxylic acids is 1. The zero-order chi connectivity index (χ0) is 10.6. The Morgan fingerprint density at radius 1 is 1.79 bits per heavy atom. The number of hydrogen-bond acceptors (Lipinski definition) is 3. The molecule has 0 aliphatic heterocycles. The molecule has 14 heavy (non-hydrogen) atoms. The van der Waals surface area contributed by atoms with Gasteiger partial charge in [0.1, 0.15) is 0 Å². The van der Waals surface area contributed by atoms with E-state index in [1.165, 1.54) is 0 Å². The van der Waals surface area contributed by atoms with Gasteiger partial charge in [0.15, 0.2) is 0 Å². The van der Waals surface area contributed by atoms with E-state index in [-0.39, 0.29) is 5.92 Å². The molecule has 78 valence electrons. The number of imidazole rings is 1. The van der Waals surface area contributed by atoms with Crippen LogP contribution in [0.5, 0.6) is 0 Å². The first-order valence-corrected chi connectivity index (χ1v) is 5.52. The van der Waals surface area contributed by atoms with Crippen LogP contribution in [0.3, 0.4) is 0 Å². The Bertz CT molecular complexity index is 312. The molecule has 5 heteroatoms. The van der Waals surface area contributed by atoms with Gasteiger partial charge in [0, 0.05) is 30.4 Å². The SMILES string of the molecule is CC(CSCc1cncn1C)C(=O)O. The number of carboxylic acid groups (broad SMARTS) is 1. The first-order valence-electron chi connectivity index (χ1n) is 4.37. The van der Waals surface area contributed by atoms with E-state index in [1.807, 2.05) is 11.6 Å². The van der Waals surface area contributed by atoms with E-state index in [0.29, 0.717) is 5.75 Å². The number of hydrogen-bond donors (Lipinski definition) is 1.